The van der Waals surface area contributed by atoms with Crippen LogP contribution in [0.5, 0.6) is 11.5 Å². The minimum absolute atomic E-state index is 0.0534. The summed E-state index contributed by atoms with van der Waals surface area (Å²) < 4.78 is 34.1. The molecular weight excluding hydrogens is 356 g/mol. The Morgan fingerprint density at radius 2 is 2.07 bits per heavy atom. The fraction of sp³-hybridized carbons (Fsp3) is 0.158. The van der Waals surface area contributed by atoms with Crippen molar-refractivity contribution >= 4 is 11.7 Å². The van der Waals surface area contributed by atoms with E-state index < -0.39 is 17.6 Å². The summed E-state index contributed by atoms with van der Waals surface area (Å²) in [6, 6.07) is 7.90. The van der Waals surface area contributed by atoms with Crippen molar-refractivity contribution < 1.29 is 23.4 Å². The number of halogens is 2. The number of hydrogen-bond donors (Lipinski definition) is 2. The zero-order valence-electron chi connectivity index (χ0n) is 14.2. The minimum Gasteiger partial charge on any atom is -0.504 e. The molecule has 2 N–H and O–H groups in total. The summed E-state index contributed by atoms with van der Waals surface area (Å²) in [5, 5.41) is 12.7. The molecule has 0 bridgehead atoms. The van der Waals surface area contributed by atoms with Gasteiger partial charge < -0.3 is 15.2 Å². The maximum absolute atomic E-state index is 14.2. The second kappa shape index (κ2) is 6.39. The third-order valence-electron chi connectivity index (χ3n) is 4.55. The average Bonchev–Trinajstić information content (AvgIpc) is 3.06. The lowest BCUT2D eigenvalue weighted by atomic mass is 9.89. The minimum atomic E-state index is -0.643. The Bertz CT molecular complexity index is 1050. The van der Waals surface area contributed by atoms with Crippen molar-refractivity contribution in [1.82, 2.24) is 9.55 Å². The first-order chi connectivity index (χ1) is 13.0. The van der Waals surface area contributed by atoms with Gasteiger partial charge >= 0.3 is 0 Å². The Morgan fingerprint density at radius 3 is 2.81 bits per heavy atom. The van der Waals surface area contributed by atoms with Gasteiger partial charge in [0.25, 0.3) is 0 Å². The Morgan fingerprint density at radius 1 is 1.26 bits per heavy atom. The summed E-state index contributed by atoms with van der Waals surface area (Å²) in [5.74, 6) is -1.45. The third-order valence-corrected chi connectivity index (χ3v) is 4.55. The first-order valence-corrected chi connectivity index (χ1v) is 8.17. The number of aromatic hydroxyl groups is 1. The van der Waals surface area contributed by atoms with E-state index in [4.69, 9.17) is 4.74 Å². The van der Waals surface area contributed by atoms with Gasteiger partial charge in [-0.25, -0.2) is 13.8 Å². The molecule has 0 aliphatic carbocycles. The quantitative estimate of drug-likeness (QED) is 0.740. The highest BCUT2D eigenvalue weighted by molar-refractivity contribution is 5.94. The number of hydrogen-bond acceptors (Lipinski definition) is 4. The largest absolute Gasteiger partial charge is 0.504 e. The van der Waals surface area contributed by atoms with Crippen molar-refractivity contribution in [3.8, 4) is 17.2 Å². The molecule has 1 atom stereocenters. The van der Waals surface area contributed by atoms with Crippen LogP contribution in [0, 0.1) is 11.6 Å². The molecule has 2 heterocycles. The van der Waals surface area contributed by atoms with E-state index in [1.165, 1.54) is 24.1 Å². The Hall–Kier alpha value is -3.42. The molecule has 138 valence electrons. The van der Waals surface area contributed by atoms with Crippen LogP contribution in [0.2, 0.25) is 0 Å². The molecule has 2 aromatic carbocycles. The average molecular weight is 371 g/mol. The lowest BCUT2D eigenvalue weighted by Gasteiger charge is -2.23. The number of carbonyl (C=O) groups excluding carboxylic acids is 1. The van der Waals surface area contributed by atoms with Gasteiger partial charge in [0.05, 0.1) is 18.5 Å². The van der Waals surface area contributed by atoms with E-state index in [0.717, 1.165) is 18.2 Å². The third kappa shape index (κ3) is 2.88. The van der Waals surface area contributed by atoms with Crippen LogP contribution in [0.4, 0.5) is 14.6 Å². The van der Waals surface area contributed by atoms with Crippen molar-refractivity contribution in [1.29, 1.82) is 0 Å². The zero-order chi connectivity index (χ0) is 19.1. The molecule has 6 nitrogen and oxygen atoms in total. The Labute approximate surface area is 153 Å². The first-order valence-electron chi connectivity index (χ1n) is 8.17. The zero-order valence-corrected chi connectivity index (χ0v) is 14.2. The fourth-order valence-corrected chi connectivity index (χ4v) is 3.26. The molecule has 8 heteroatoms. The maximum atomic E-state index is 14.2. The standard InChI is InChI=1S/C19H15F2N3O3/c1-27-16-5-2-10(6-15(16)25)12-8-17(26)23-19-18(12)22-9-24(19)14-7-11(20)3-4-13(14)21/h2-7,9,12,25H,8H2,1H3,(H,23,26)/t12-/m0/s1. The van der Waals surface area contributed by atoms with Gasteiger partial charge in [-0.15, -0.1) is 0 Å². The summed E-state index contributed by atoms with van der Waals surface area (Å²) >= 11 is 0. The number of amides is 1. The van der Waals surface area contributed by atoms with E-state index in [9.17, 15) is 18.7 Å². The lowest BCUT2D eigenvalue weighted by Crippen LogP contribution is -2.25. The molecule has 4 rings (SSSR count). The monoisotopic (exact) mass is 371 g/mol. The number of aromatic nitrogens is 2. The Balaban J connectivity index is 1.82. The predicted molar refractivity (Wildman–Crippen MR) is 93.2 cm³/mol. The molecule has 0 radical (unpaired) electrons. The van der Waals surface area contributed by atoms with E-state index in [0.29, 0.717) is 17.0 Å². The summed E-state index contributed by atoms with van der Waals surface area (Å²) in [6.07, 6.45) is 1.45. The van der Waals surface area contributed by atoms with E-state index in [1.807, 2.05) is 0 Å². The number of nitrogens with one attached hydrogen (secondary N) is 1. The van der Waals surface area contributed by atoms with Crippen LogP contribution in [0.15, 0.2) is 42.7 Å². The topological polar surface area (TPSA) is 76.4 Å². The number of phenolic OH excluding ortho intramolecular Hbond substituents is 1. The van der Waals surface area contributed by atoms with Crippen molar-refractivity contribution in [2.45, 2.75) is 12.3 Å². The van der Waals surface area contributed by atoms with Gasteiger partial charge in [0.15, 0.2) is 11.5 Å². The highest BCUT2D eigenvalue weighted by atomic mass is 19.1. The van der Waals surface area contributed by atoms with Gasteiger partial charge in [0.1, 0.15) is 23.8 Å². The number of carbonyl (C=O) groups is 1. The van der Waals surface area contributed by atoms with Gasteiger partial charge in [-0.1, -0.05) is 6.07 Å². The lowest BCUT2D eigenvalue weighted by molar-refractivity contribution is -0.116. The number of ether oxygens (including phenoxy) is 1. The molecular formula is C19H15F2N3O3. The predicted octanol–water partition coefficient (Wildman–Crippen LogP) is 3.34. The number of rotatable bonds is 3. The number of imidazole rings is 1. The van der Waals surface area contributed by atoms with Gasteiger partial charge in [-0.3, -0.25) is 9.36 Å². The molecule has 1 aromatic heterocycles. The van der Waals surface area contributed by atoms with Crippen molar-refractivity contribution in [2.75, 3.05) is 12.4 Å². The van der Waals surface area contributed by atoms with Crippen LogP contribution in [-0.2, 0) is 4.79 Å². The van der Waals surface area contributed by atoms with Gasteiger partial charge in [-0.05, 0) is 29.8 Å². The smallest absolute Gasteiger partial charge is 0.226 e. The number of phenols is 1. The molecule has 27 heavy (non-hydrogen) atoms. The molecule has 1 amide bonds. The van der Waals surface area contributed by atoms with Crippen LogP contribution < -0.4 is 10.1 Å². The molecule has 1 aliphatic heterocycles. The number of methoxy groups -OCH3 is 1. The number of anilines is 1. The second-order valence-corrected chi connectivity index (χ2v) is 6.18. The van der Waals surface area contributed by atoms with Gasteiger partial charge in [0, 0.05) is 18.4 Å². The summed E-state index contributed by atoms with van der Waals surface area (Å²) in [7, 11) is 1.44. The summed E-state index contributed by atoms with van der Waals surface area (Å²) in [5.41, 5.74) is 1.11. The van der Waals surface area contributed by atoms with Crippen molar-refractivity contribution in [3.05, 3.63) is 65.6 Å². The highest BCUT2D eigenvalue weighted by Crippen LogP contribution is 2.40. The molecule has 1 aliphatic rings. The van der Waals surface area contributed by atoms with Crippen LogP contribution in [0.3, 0.4) is 0 Å². The van der Waals surface area contributed by atoms with E-state index in [-0.39, 0.29) is 29.6 Å². The number of fused-ring (bicyclic) bond motifs is 1. The fourth-order valence-electron chi connectivity index (χ4n) is 3.26. The first kappa shape index (κ1) is 17.0. The molecule has 0 unspecified atom stereocenters. The summed E-state index contributed by atoms with van der Waals surface area (Å²) in [6.45, 7) is 0. The van der Waals surface area contributed by atoms with E-state index in [1.54, 1.807) is 12.1 Å². The molecule has 3 aromatic rings. The second-order valence-electron chi connectivity index (χ2n) is 6.18. The van der Waals surface area contributed by atoms with Crippen LogP contribution in [-0.4, -0.2) is 27.7 Å². The van der Waals surface area contributed by atoms with Crippen LogP contribution in [0.25, 0.3) is 5.69 Å². The van der Waals surface area contributed by atoms with Gasteiger partial charge in [-0.2, -0.15) is 0 Å². The van der Waals surface area contributed by atoms with Crippen molar-refractivity contribution in [3.63, 3.8) is 0 Å². The van der Waals surface area contributed by atoms with Crippen LogP contribution >= 0.6 is 0 Å². The molecule has 0 spiro atoms. The normalized spacial score (nSPS) is 16.0. The summed E-state index contributed by atoms with van der Waals surface area (Å²) in [4.78, 5) is 16.6. The Kier molecular flexibility index (Phi) is 4.02. The van der Waals surface area contributed by atoms with E-state index in [2.05, 4.69) is 10.3 Å². The van der Waals surface area contributed by atoms with Crippen LogP contribution in [0.1, 0.15) is 23.6 Å². The van der Waals surface area contributed by atoms with E-state index >= 15 is 0 Å². The van der Waals surface area contributed by atoms with Crippen molar-refractivity contribution in [2.24, 2.45) is 0 Å². The SMILES string of the molecule is COc1ccc([C@@H]2CC(=O)Nc3c2ncn3-c2cc(F)ccc2F)cc1O. The number of nitrogens with zero attached hydrogens (tertiary/aromatic N) is 2. The highest BCUT2D eigenvalue weighted by Gasteiger charge is 2.32. The maximum Gasteiger partial charge on any atom is 0.226 e. The number of benzene rings is 2. The molecule has 0 fully saturated rings. The molecule has 0 saturated carbocycles. The van der Waals surface area contributed by atoms with Gasteiger partial charge in [0.2, 0.25) is 5.91 Å². The molecule has 0 saturated heterocycles.